The topological polar surface area (TPSA) is 52.1 Å². The first kappa shape index (κ1) is 31.9. The van der Waals surface area contributed by atoms with Gasteiger partial charge in [0.1, 0.15) is 22.3 Å². The molecule has 0 N–H and O–H groups in total. The summed E-state index contributed by atoms with van der Waals surface area (Å²) in [6.07, 6.45) is 0. The third kappa shape index (κ3) is 5.55. The molecule has 0 atom stereocenters. The van der Waals surface area contributed by atoms with E-state index >= 15 is 0 Å². The largest absolute Gasteiger partial charge is 0.456 e. The highest BCUT2D eigenvalue weighted by atomic mass is 16.3. The fraction of sp³-hybridized carbons (Fsp3) is 0. The van der Waals surface area contributed by atoms with Crippen molar-refractivity contribution in [2.45, 2.75) is 0 Å². The Labute approximate surface area is 323 Å². The van der Waals surface area contributed by atoms with Crippen LogP contribution in [0.2, 0.25) is 0 Å². The normalized spacial score (nSPS) is 11.6. The van der Waals surface area contributed by atoms with E-state index in [1.165, 1.54) is 0 Å². The van der Waals surface area contributed by atoms with Crippen LogP contribution in [-0.4, -0.2) is 9.97 Å². The molecule has 4 nitrogen and oxygen atoms in total. The van der Waals surface area contributed by atoms with E-state index in [4.69, 9.17) is 18.8 Å². The highest BCUT2D eigenvalue weighted by Gasteiger charge is 2.17. The van der Waals surface area contributed by atoms with Gasteiger partial charge in [0.05, 0.1) is 11.4 Å². The Morgan fingerprint density at radius 3 is 1.39 bits per heavy atom. The summed E-state index contributed by atoms with van der Waals surface area (Å²) in [5.41, 5.74) is 14.9. The summed E-state index contributed by atoms with van der Waals surface area (Å²) < 4.78 is 12.4. The van der Waals surface area contributed by atoms with Crippen LogP contribution in [0.5, 0.6) is 0 Å². The summed E-state index contributed by atoms with van der Waals surface area (Å²) in [5.74, 6) is 0.682. The summed E-state index contributed by atoms with van der Waals surface area (Å²) in [4.78, 5) is 10.3. The van der Waals surface area contributed by atoms with Crippen LogP contribution in [0.1, 0.15) is 0 Å². The van der Waals surface area contributed by atoms with E-state index in [1.54, 1.807) is 0 Å². The molecule has 11 aromatic rings. The molecular formula is C52H32N2O2. The third-order valence-electron chi connectivity index (χ3n) is 10.7. The Balaban J connectivity index is 1.14. The summed E-state index contributed by atoms with van der Waals surface area (Å²) in [6.45, 7) is 0. The van der Waals surface area contributed by atoms with Gasteiger partial charge in [0, 0.05) is 38.2 Å². The van der Waals surface area contributed by atoms with Gasteiger partial charge >= 0.3 is 0 Å². The van der Waals surface area contributed by atoms with Crippen molar-refractivity contribution in [1.82, 2.24) is 9.97 Å². The maximum absolute atomic E-state index is 6.23. The van der Waals surface area contributed by atoms with E-state index in [9.17, 15) is 0 Å². The van der Waals surface area contributed by atoms with E-state index in [1.807, 2.05) is 60.7 Å². The Kier molecular flexibility index (Phi) is 7.46. The van der Waals surface area contributed by atoms with Crippen LogP contribution in [0, 0.1) is 0 Å². The molecule has 4 heteroatoms. The molecule has 56 heavy (non-hydrogen) atoms. The lowest BCUT2D eigenvalue weighted by Crippen LogP contribution is -1.96. The number of furan rings is 2. The smallest absolute Gasteiger partial charge is 0.160 e. The number of para-hydroxylation sites is 2. The van der Waals surface area contributed by atoms with Crippen LogP contribution < -0.4 is 0 Å². The Hall–Kier alpha value is -7.56. The zero-order valence-corrected chi connectivity index (χ0v) is 30.2. The molecular weight excluding hydrogens is 685 g/mol. The van der Waals surface area contributed by atoms with Gasteiger partial charge in [-0.3, -0.25) is 0 Å². The van der Waals surface area contributed by atoms with Crippen LogP contribution in [0.3, 0.4) is 0 Å². The van der Waals surface area contributed by atoms with E-state index in [-0.39, 0.29) is 0 Å². The lowest BCUT2D eigenvalue weighted by molar-refractivity contribution is 0.668. The fourth-order valence-electron chi connectivity index (χ4n) is 7.95. The van der Waals surface area contributed by atoms with Crippen molar-refractivity contribution in [1.29, 1.82) is 0 Å². The van der Waals surface area contributed by atoms with Crippen molar-refractivity contribution >= 4 is 43.9 Å². The van der Waals surface area contributed by atoms with Crippen LogP contribution >= 0.6 is 0 Å². The third-order valence-corrected chi connectivity index (χ3v) is 10.7. The second-order valence-electron chi connectivity index (χ2n) is 14.2. The Morgan fingerprint density at radius 2 is 0.732 bits per heavy atom. The van der Waals surface area contributed by atoms with E-state index < -0.39 is 0 Å². The molecule has 0 aliphatic carbocycles. The van der Waals surface area contributed by atoms with Crippen molar-refractivity contribution < 1.29 is 8.83 Å². The van der Waals surface area contributed by atoms with Crippen LogP contribution in [0.15, 0.2) is 203 Å². The van der Waals surface area contributed by atoms with Gasteiger partial charge in [-0.1, -0.05) is 133 Å². The number of hydrogen-bond acceptors (Lipinski definition) is 4. The van der Waals surface area contributed by atoms with E-state index in [0.29, 0.717) is 5.82 Å². The van der Waals surface area contributed by atoms with E-state index in [2.05, 4.69) is 133 Å². The standard InChI is InChI=1S/C52H32N2O2/c1-3-13-33(14-4-1)46-32-47(54-52(53-46)34-15-5-2-6-16-34)39-28-37(35-23-25-50-44(30-35)42-19-9-11-21-48(42)55-50)27-38(29-39)41-18-8-7-17-40(41)36-24-26-51-45(31-36)43-20-10-12-22-49(43)56-51/h1-32H. The average molecular weight is 717 g/mol. The van der Waals surface area contributed by atoms with Gasteiger partial charge in [0.15, 0.2) is 5.82 Å². The molecule has 0 amide bonds. The zero-order valence-electron chi connectivity index (χ0n) is 30.2. The summed E-state index contributed by atoms with van der Waals surface area (Å²) >= 11 is 0. The molecule has 0 saturated heterocycles. The highest BCUT2D eigenvalue weighted by Crippen LogP contribution is 2.41. The minimum Gasteiger partial charge on any atom is -0.456 e. The highest BCUT2D eigenvalue weighted by molar-refractivity contribution is 6.08. The van der Waals surface area contributed by atoms with E-state index in [0.717, 1.165) is 105 Å². The SMILES string of the molecule is c1ccc(-c2cc(-c3cc(-c4ccc5oc6ccccc6c5c4)cc(-c4ccccc4-c4ccc5oc6ccccc6c5c4)c3)nc(-c3ccccc3)n2)cc1. The molecule has 262 valence electrons. The molecule has 11 rings (SSSR count). The molecule has 0 fully saturated rings. The van der Waals surface area contributed by atoms with Crippen molar-refractivity contribution in [2.75, 3.05) is 0 Å². The lowest BCUT2D eigenvalue weighted by Gasteiger charge is -2.15. The lowest BCUT2D eigenvalue weighted by atomic mass is 9.89. The number of hydrogen-bond donors (Lipinski definition) is 0. The first-order valence-electron chi connectivity index (χ1n) is 18.8. The van der Waals surface area contributed by atoms with Crippen LogP contribution in [0.25, 0.3) is 111 Å². The molecule has 8 aromatic carbocycles. The second kappa shape index (κ2) is 13.1. The quantitative estimate of drug-likeness (QED) is 0.172. The predicted molar refractivity (Wildman–Crippen MR) is 229 cm³/mol. The minimum atomic E-state index is 0.682. The van der Waals surface area contributed by atoms with Crippen molar-refractivity contribution in [2.24, 2.45) is 0 Å². The average Bonchev–Trinajstić information content (AvgIpc) is 3.84. The Morgan fingerprint density at radius 1 is 0.268 bits per heavy atom. The van der Waals surface area contributed by atoms with Crippen LogP contribution in [0.4, 0.5) is 0 Å². The molecule has 0 unspecified atom stereocenters. The molecule has 0 radical (unpaired) electrons. The molecule has 3 heterocycles. The molecule has 0 saturated carbocycles. The molecule has 0 aliphatic heterocycles. The second-order valence-corrected chi connectivity index (χ2v) is 14.2. The number of fused-ring (bicyclic) bond motifs is 6. The van der Waals surface area contributed by atoms with Gasteiger partial charge in [-0.15, -0.1) is 0 Å². The van der Waals surface area contributed by atoms with Gasteiger partial charge in [0.2, 0.25) is 0 Å². The monoisotopic (exact) mass is 716 g/mol. The van der Waals surface area contributed by atoms with Gasteiger partial charge < -0.3 is 8.83 Å². The fourth-order valence-corrected chi connectivity index (χ4v) is 7.95. The van der Waals surface area contributed by atoms with Crippen molar-refractivity contribution in [3.05, 3.63) is 194 Å². The van der Waals surface area contributed by atoms with Gasteiger partial charge in [-0.25, -0.2) is 9.97 Å². The summed E-state index contributed by atoms with van der Waals surface area (Å²) in [6, 6.07) is 67.6. The predicted octanol–water partition coefficient (Wildman–Crippen LogP) is 14.3. The minimum absolute atomic E-state index is 0.682. The summed E-state index contributed by atoms with van der Waals surface area (Å²) in [7, 11) is 0. The maximum Gasteiger partial charge on any atom is 0.160 e. The molecule has 0 spiro atoms. The van der Waals surface area contributed by atoms with Crippen LogP contribution in [-0.2, 0) is 0 Å². The van der Waals surface area contributed by atoms with Gasteiger partial charge in [-0.05, 0) is 94.0 Å². The van der Waals surface area contributed by atoms with Crippen molar-refractivity contribution in [3.63, 3.8) is 0 Å². The van der Waals surface area contributed by atoms with Gasteiger partial charge in [-0.2, -0.15) is 0 Å². The van der Waals surface area contributed by atoms with Gasteiger partial charge in [0.25, 0.3) is 0 Å². The number of aromatic nitrogens is 2. The Bertz CT molecular complexity index is 3190. The number of rotatable bonds is 6. The molecule has 0 aliphatic rings. The number of benzene rings is 8. The molecule has 0 bridgehead atoms. The van der Waals surface area contributed by atoms with Crippen molar-refractivity contribution in [3.8, 4) is 67.3 Å². The first-order chi connectivity index (χ1) is 27.7. The maximum atomic E-state index is 6.23. The first-order valence-corrected chi connectivity index (χ1v) is 18.8. The summed E-state index contributed by atoms with van der Waals surface area (Å²) in [5, 5.41) is 4.40. The molecule has 3 aromatic heterocycles. The zero-order chi connectivity index (χ0) is 37.0. The number of nitrogens with zero attached hydrogens (tertiary/aromatic N) is 2.